The molecule has 0 bridgehead atoms. The number of thiazole rings is 1. The van der Waals surface area contributed by atoms with Gasteiger partial charge in [-0.25, -0.2) is 4.98 Å². The molecule has 1 saturated heterocycles. The van der Waals surface area contributed by atoms with Gasteiger partial charge in [0.05, 0.1) is 5.69 Å². The van der Waals surface area contributed by atoms with Gasteiger partial charge in [-0.3, -0.25) is 4.90 Å². The number of aryl methyl sites for hydroxylation is 1. The van der Waals surface area contributed by atoms with E-state index >= 15 is 0 Å². The van der Waals surface area contributed by atoms with Gasteiger partial charge in [-0.05, 0) is 32.9 Å². The summed E-state index contributed by atoms with van der Waals surface area (Å²) in [6.45, 7) is 5.48. The van der Waals surface area contributed by atoms with E-state index in [9.17, 15) is 0 Å². The van der Waals surface area contributed by atoms with E-state index in [1.165, 1.54) is 41.9 Å². The molecular formula is C15H19N3S. The zero-order chi connectivity index (χ0) is 13.2. The molecular weight excluding hydrogens is 254 g/mol. The molecule has 1 fully saturated rings. The van der Waals surface area contributed by atoms with Gasteiger partial charge in [-0.1, -0.05) is 29.8 Å². The van der Waals surface area contributed by atoms with Crippen molar-refractivity contribution in [3.63, 3.8) is 0 Å². The molecule has 1 aliphatic rings. The summed E-state index contributed by atoms with van der Waals surface area (Å²) in [4.78, 5) is 8.31. The lowest BCUT2D eigenvalue weighted by Crippen LogP contribution is -2.18. The Kier molecular flexibility index (Phi) is 3.53. The molecule has 19 heavy (non-hydrogen) atoms. The number of aromatic nitrogens is 1. The Balaban J connectivity index is 1.89. The second kappa shape index (κ2) is 5.31. The molecule has 3 rings (SSSR count). The molecule has 0 spiro atoms. The first kappa shape index (κ1) is 12.6. The van der Waals surface area contributed by atoms with Gasteiger partial charge in [0.1, 0.15) is 0 Å². The maximum atomic E-state index is 5.91. The van der Waals surface area contributed by atoms with Gasteiger partial charge in [0.15, 0.2) is 5.13 Å². The summed E-state index contributed by atoms with van der Waals surface area (Å²) in [5.74, 6) is 0. The second-order valence-corrected chi connectivity index (χ2v) is 6.29. The van der Waals surface area contributed by atoms with Gasteiger partial charge < -0.3 is 5.73 Å². The molecule has 0 amide bonds. The predicted molar refractivity (Wildman–Crippen MR) is 81.2 cm³/mol. The molecule has 0 unspecified atom stereocenters. The third-order valence-electron chi connectivity index (χ3n) is 3.60. The molecule has 2 aromatic rings. The van der Waals surface area contributed by atoms with Crippen LogP contribution in [0, 0.1) is 6.92 Å². The number of nitrogen functional groups attached to an aromatic ring is 1. The largest absolute Gasteiger partial charge is 0.375 e. The van der Waals surface area contributed by atoms with Crippen LogP contribution in [-0.2, 0) is 6.54 Å². The van der Waals surface area contributed by atoms with E-state index in [1.807, 2.05) is 0 Å². The van der Waals surface area contributed by atoms with Crippen molar-refractivity contribution in [2.24, 2.45) is 0 Å². The average Bonchev–Trinajstić information content (AvgIpc) is 3.01. The van der Waals surface area contributed by atoms with E-state index in [4.69, 9.17) is 5.73 Å². The number of hydrogen-bond donors (Lipinski definition) is 1. The summed E-state index contributed by atoms with van der Waals surface area (Å²) in [6.07, 6.45) is 2.63. The summed E-state index contributed by atoms with van der Waals surface area (Å²) in [7, 11) is 0. The molecule has 0 radical (unpaired) electrons. The number of likely N-dealkylation sites (tertiary alicyclic amines) is 1. The minimum absolute atomic E-state index is 0.671. The number of nitrogens with two attached hydrogens (primary N) is 1. The van der Waals surface area contributed by atoms with Gasteiger partial charge in [0, 0.05) is 17.0 Å². The minimum atomic E-state index is 0.671. The third kappa shape index (κ3) is 2.80. The molecule has 0 saturated carbocycles. The molecule has 1 aromatic heterocycles. The zero-order valence-electron chi connectivity index (χ0n) is 11.2. The number of anilines is 1. The molecule has 1 aliphatic heterocycles. The maximum Gasteiger partial charge on any atom is 0.180 e. The van der Waals surface area contributed by atoms with Crippen molar-refractivity contribution < 1.29 is 0 Å². The van der Waals surface area contributed by atoms with Crippen molar-refractivity contribution in [1.82, 2.24) is 9.88 Å². The molecule has 0 aliphatic carbocycles. The highest BCUT2D eigenvalue weighted by Crippen LogP contribution is 2.31. The first-order valence-electron chi connectivity index (χ1n) is 6.77. The van der Waals surface area contributed by atoms with Gasteiger partial charge in [0.2, 0.25) is 0 Å². The Morgan fingerprint density at radius 3 is 2.58 bits per heavy atom. The van der Waals surface area contributed by atoms with E-state index < -0.39 is 0 Å². The number of hydrogen-bond acceptors (Lipinski definition) is 4. The normalized spacial score (nSPS) is 16.1. The van der Waals surface area contributed by atoms with Crippen LogP contribution in [0.2, 0.25) is 0 Å². The molecule has 0 atom stereocenters. The highest BCUT2D eigenvalue weighted by atomic mass is 32.1. The van der Waals surface area contributed by atoms with Crippen LogP contribution in [0.5, 0.6) is 0 Å². The van der Waals surface area contributed by atoms with Gasteiger partial charge >= 0.3 is 0 Å². The fourth-order valence-corrected chi connectivity index (χ4v) is 3.45. The standard InChI is InChI=1S/C15H19N3S/c1-11-4-6-12(7-5-11)14-13(19-15(16)17-14)10-18-8-2-3-9-18/h4-7H,2-3,8-10H2,1H3,(H2,16,17). The van der Waals surface area contributed by atoms with Crippen LogP contribution in [0.4, 0.5) is 5.13 Å². The van der Waals surface area contributed by atoms with Crippen LogP contribution in [0.3, 0.4) is 0 Å². The van der Waals surface area contributed by atoms with E-state index in [0.717, 1.165) is 12.2 Å². The van der Waals surface area contributed by atoms with Crippen molar-refractivity contribution in [2.75, 3.05) is 18.8 Å². The van der Waals surface area contributed by atoms with Crippen LogP contribution >= 0.6 is 11.3 Å². The van der Waals surface area contributed by atoms with Crippen molar-refractivity contribution >= 4 is 16.5 Å². The Bertz CT molecular complexity index is 553. The average molecular weight is 273 g/mol. The fraction of sp³-hybridized carbons (Fsp3) is 0.400. The van der Waals surface area contributed by atoms with Crippen LogP contribution in [0.1, 0.15) is 23.3 Å². The monoisotopic (exact) mass is 273 g/mol. The van der Waals surface area contributed by atoms with Crippen molar-refractivity contribution in [3.05, 3.63) is 34.7 Å². The summed E-state index contributed by atoms with van der Waals surface area (Å²) in [6, 6.07) is 8.53. The van der Waals surface area contributed by atoms with Gasteiger partial charge in [-0.2, -0.15) is 0 Å². The van der Waals surface area contributed by atoms with Crippen molar-refractivity contribution in [3.8, 4) is 11.3 Å². The highest BCUT2D eigenvalue weighted by molar-refractivity contribution is 7.15. The van der Waals surface area contributed by atoms with Crippen LogP contribution in [0.15, 0.2) is 24.3 Å². The molecule has 100 valence electrons. The lowest BCUT2D eigenvalue weighted by atomic mass is 10.1. The molecule has 3 nitrogen and oxygen atoms in total. The number of nitrogens with zero attached hydrogens (tertiary/aromatic N) is 2. The Morgan fingerprint density at radius 2 is 1.89 bits per heavy atom. The SMILES string of the molecule is Cc1ccc(-c2nc(N)sc2CN2CCCC2)cc1. The van der Waals surface area contributed by atoms with E-state index in [-0.39, 0.29) is 0 Å². The second-order valence-electron chi connectivity index (χ2n) is 5.17. The number of rotatable bonds is 3. The van der Waals surface area contributed by atoms with Crippen LogP contribution in [0.25, 0.3) is 11.3 Å². The Morgan fingerprint density at radius 1 is 1.21 bits per heavy atom. The maximum absolute atomic E-state index is 5.91. The minimum Gasteiger partial charge on any atom is -0.375 e. The molecule has 4 heteroatoms. The third-order valence-corrected chi connectivity index (χ3v) is 4.47. The van der Waals surface area contributed by atoms with Gasteiger partial charge in [0.25, 0.3) is 0 Å². The predicted octanol–water partition coefficient (Wildman–Crippen LogP) is 3.30. The van der Waals surface area contributed by atoms with Crippen LogP contribution in [-0.4, -0.2) is 23.0 Å². The summed E-state index contributed by atoms with van der Waals surface area (Å²) >= 11 is 1.63. The first-order chi connectivity index (χ1) is 9.22. The smallest absolute Gasteiger partial charge is 0.180 e. The molecule has 2 heterocycles. The highest BCUT2D eigenvalue weighted by Gasteiger charge is 2.17. The summed E-state index contributed by atoms with van der Waals surface area (Å²) in [5.41, 5.74) is 9.42. The van der Waals surface area contributed by atoms with E-state index in [0.29, 0.717) is 5.13 Å². The molecule has 2 N–H and O–H groups in total. The summed E-state index contributed by atoms with van der Waals surface area (Å²) in [5, 5.41) is 0.671. The Labute approximate surface area is 118 Å². The molecule has 1 aromatic carbocycles. The van der Waals surface area contributed by atoms with Crippen LogP contribution < -0.4 is 5.73 Å². The van der Waals surface area contributed by atoms with E-state index in [1.54, 1.807) is 11.3 Å². The summed E-state index contributed by atoms with van der Waals surface area (Å²) < 4.78 is 0. The van der Waals surface area contributed by atoms with Crippen molar-refractivity contribution in [1.29, 1.82) is 0 Å². The fourth-order valence-electron chi connectivity index (χ4n) is 2.56. The topological polar surface area (TPSA) is 42.1 Å². The lowest BCUT2D eigenvalue weighted by Gasteiger charge is -2.13. The first-order valence-corrected chi connectivity index (χ1v) is 7.58. The van der Waals surface area contributed by atoms with E-state index in [2.05, 4.69) is 41.1 Å². The quantitative estimate of drug-likeness (QED) is 0.933. The Hall–Kier alpha value is -1.39. The van der Waals surface area contributed by atoms with Crippen molar-refractivity contribution in [2.45, 2.75) is 26.3 Å². The lowest BCUT2D eigenvalue weighted by molar-refractivity contribution is 0.334. The van der Waals surface area contributed by atoms with Gasteiger partial charge in [-0.15, -0.1) is 11.3 Å². The zero-order valence-corrected chi connectivity index (χ0v) is 12.0. The number of benzene rings is 1.